The van der Waals surface area contributed by atoms with E-state index >= 15 is 0 Å². The molecule has 9 fully saturated rings. The Hall–Kier alpha value is -5.71. The van der Waals surface area contributed by atoms with Crippen molar-refractivity contribution in [3.05, 3.63) is 0 Å². The van der Waals surface area contributed by atoms with Gasteiger partial charge in [0.05, 0.1) is 176 Å². The quantitative estimate of drug-likeness (QED) is 0.0199. The fraction of sp³-hybridized carbons (Fsp3) is 0.880. The number of amides is 12. The van der Waals surface area contributed by atoms with Crippen molar-refractivity contribution in [3.8, 4) is 0 Å². The van der Waals surface area contributed by atoms with Gasteiger partial charge in [-0.05, 0) is 0 Å². The second-order valence-corrected chi connectivity index (χ2v) is 36.4. The summed E-state index contributed by atoms with van der Waals surface area (Å²) >= 11 is 0. The van der Waals surface area contributed by atoms with Gasteiger partial charge in [0, 0.05) is 99.3 Å². The minimum atomic E-state index is -5.60. The topological polar surface area (TPSA) is 718 Å². The molecule has 0 spiro atoms. The average Bonchev–Trinajstić information content (AvgIpc) is 0.781. The third kappa shape index (κ3) is 31.7. The summed E-state index contributed by atoms with van der Waals surface area (Å²) in [7, 11) is -11.2. The summed E-state index contributed by atoms with van der Waals surface area (Å²) in [6.07, 6.45) is -20.9. The summed E-state index contributed by atoms with van der Waals surface area (Å²) < 4.78 is 140. The van der Waals surface area contributed by atoms with Crippen LogP contribution in [-0.2, 0) is 127 Å². The molecule has 12 amide bonds. The number of hydrogen-bond acceptors (Lipinski definition) is 44. The Morgan fingerprint density at radius 2 is 0.621 bits per heavy atom. The summed E-state index contributed by atoms with van der Waals surface area (Å²) in [6, 6.07) is -6.32. The maximum Gasteiger partial charge on any atom is 0.472 e. The number of rotatable bonds is 53. The van der Waals surface area contributed by atoms with Crippen molar-refractivity contribution in [2.45, 2.75) is 169 Å². The Balaban J connectivity index is 0.890. The molecule has 9 rings (SSSR count). The van der Waals surface area contributed by atoms with Crippen LogP contribution < -0.4 is 31.9 Å². The van der Waals surface area contributed by atoms with E-state index in [0.717, 1.165) is 4.90 Å². The fourth-order valence-corrected chi connectivity index (χ4v) is 17.5. The van der Waals surface area contributed by atoms with Crippen LogP contribution in [0.1, 0.15) is 41.5 Å². The van der Waals surface area contributed by atoms with Gasteiger partial charge in [0.1, 0.15) is 109 Å². The monoisotopic (exact) mass is 1950 g/mol. The Bertz CT molecular complexity index is 3650. The van der Waals surface area contributed by atoms with Crippen LogP contribution in [0.4, 0.5) is 14.4 Å². The van der Waals surface area contributed by atoms with E-state index in [9.17, 15) is 118 Å². The molecule has 132 heavy (non-hydrogen) atoms. The third-order valence-corrected chi connectivity index (χ3v) is 24.6. The van der Waals surface area contributed by atoms with Crippen molar-refractivity contribution in [1.82, 2.24) is 61.3 Å². The number of aliphatic hydroxyl groups excluding tert-OH is 11. The molecular formula is C75H130N12O43P2. The smallest absolute Gasteiger partial charge is 0.394 e. The van der Waals surface area contributed by atoms with Crippen molar-refractivity contribution in [2.24, 2.45) is 17.8 Å². The lowest BCUT2D eigenvalue weighted by atomic mass is 9.97. The van der Waals surface area contributed by atoms with Gasteiger partial charge in [0.25, 0.3) is 0 Å². The van der Waals surface area contributed by atoms with E-state index in [4.69, 9.17) is 89.1 Å². The number of aliphatic hydroxyl groups is 11. The number of nitrogens with zero attached hydrogens (tertiary/aromatic N) is 6. The van der Waals surface area contributed by atoms with Crippen molar-refractivity contribution in [3.63, 3.8) is 0 Å². The highest BCUT2D eigenvalue weighted by Crippen LogP contribution is 2.50. The number of phosphoric acid groups is 2. The number of carbonyl (C=O) groups excluding carboxylic acids is 9. The van der Waals surface area contributed by atoms with Crippen LogP contribution in [0, 0.1) is 17.8 Å². The van der Waals surface area contributed by atoms with Gasteiger partial charge in [-0.25, -0.2) is 23.5 Å². The predicted octanol–water partition coefficient (Wildman–Crippen LogP) is -11.0. The molecular weight excluding hydrogens is 1820 g/mol. The maximum absolute atomic E-state index is 14.7. The number of hydrogen-bond donors (Lipinski definition) is 19. The van der Waals surface area contributed by atoms with Crippen LogP contribution in [0.5, 0.6) is 0 Å². The first-order valence-corrected chi connectivity index (χ1v) is 46.2. The van der Waals surface area contributed by atoms with Crippen LogP contribution >= 0.6 is 15.6 Å². The standard InChI is InChI=1S/C75H130N12O43P2/c1-43-25-85(70(105)79-64(43)102)52-28-82(7-10-112-13-16-115-19-22-118-67-55(76-46(4)93)61(99)58(96)49(31-88)125-67)34-73(37-91,128-52)39-121-131(108,109)123-41-75(36-84(30-54(130-75)87-27-45(3)66(104)81-72(87)107)9-12-114-15-18-117-21-24-120-69-57(78-48(6)95)63(101)60(98)51(33-90)127-69)42-124-132(110,111)122-40-74(38-92)35-83(29-53(129-74)86-26-44(2)65(103)80-71(86)106)8-11-113-14-17-116-20-23-119-68-56(77-47(5)94)62(100)59(97)50(32-89)126-68/h43-45,49-63,67-69,88-92,96-101H,7-42H2,1-6H3,(H,76,93)(H,77,94)(H,78,95)(H,108,109)(H,110,111)(H,79,102,105)(H,80,103,106)(H,81,104,107)/t43?,44?,45?,49-,50-,51-,52-,53-,54-,55-,56-,57-,58+,59+,60+,61-,62-,63-,67-,68-,69-,73-,74+,75?/m1/s1. The van der Waals surface area contributed by atoms with Crippen LogP contribution in [0.25, 0.3) is 0 Å². The summed E-state index contributed by atoms with van der Waals surface area (Å²) in [5, 5.41) is 129. The molecule has 0 aromatic heterocycles. The lowest BCUT2D eigenvalue weighted by molar-refractivity contribution is -0.272. The molecule has 0 saturated carbocycles. The van der Waals surface area contributed by atoms with Crippen molar-refractivity contribution in [2.75, 3.05) is 237 Å². The van der Waals surface area contributed by atoms with Gasteiger partial charge in [0.2, 0.25) is 35.4 Å². The number of ether oxygens (including phenoxy) is 15. The molecule has 9 aliphatic rings. The summed E-state index contributed by atoms with van der Waals surface area (Å²) in [5.74, 6) is -5.94. The number of phosphoric ester groups is 2. The first-order valence-electron chi connectivity index (χ1n) is 43.2. The molecule has 0 aromatic rings. The van der Waals surface area contributed by atoms with Crippen LogP contribution in [0.2, 0.25) is 0 Å². The van der Waals surface area contributed by atoms with Crippen LogP contribution in [-0.4, -0.2) is 513 Å². The van der Waals surface area contributed by atoms with Gasteiger partial charge in [-0.3, -0.25) is 92.2 Å². The Morgan fingerprint density at radius 3 is 0.879 bits per heavy atom. The molecule has 0 bridgehead atoms. The largest absolute Gasteiger partial charge is 0.472 e. The van der Waals surface area contributed by atoms with Gasteiger partial charge < -0.3 is 153 Å². The van der Waals surface area contributed by atoms with E-state index in [-0.39, 0.29) is 171 Å². The zero-order valence-corrected chi connectivity index (χ0v) is 76.0. The Morgan fingerprint density at radius 1 is 0.379 bits per heavy atom. The van der Waals surface area contributed by atoms with Crippen molar-refractivity contribution in [1.29, 1.82) is 0 Å². The van der Waals surface area contributed by atoms with E-state index in [1.165, 1.54) is 37.5 Å². The van der Waals surface area contributed by atoms with Crippen molar-refractivity contribution >= 4 is 69.2 Å². The first-order chi connectivity index (χ1) is 62.7. The summed E-state index contributed by atoms with van der Waals surface area (Å²) in [6.45, 7) is -3.39. The van der Waals surface area contributed by atoms with E-state index < -0.39 is 280 Å². The molecule has 0 aromatic carbocycles. The third-order valence-electron chi connectivity index (χ3n) is 22.8. The highest BCUT2D eigenvalue weighted by atomic mass is 31.2. The SMILES string of the molecule is CC(=O)N[C@H]1[C@H](OCCOCCOCCN2C[C@H](N3CC(C)C(=O)NC3=O)OC(COP(=O)(O)OC[C@@]3(CO)CN(CCOCCOCCO[C@@H]4O[C@H](CO)[C@H](O)[C@H](O)[C@H]4NC(C)=O)C[C@H](N4CC(C)C(=O)NC4=O)O3)(COP(=O)(O)OC[C@]3(CO)CN(CCOCCOCCO[C@@H]4O[C@H](CO)[C@H](O)[C@H](O)[C@H]4NC(C)=O)C[C@H](N4CC(C)C(=O)NC4=O)O3)C2)O[C@H](CO)[C@H](O)[C@@H]1O. The second-order valence-electron chi connectivity index (χ2n) is 33.4. The molecule has 9 aliphatic heterocycles. The maximum atomic E-state index is 14.7. The minimum absolute atomic E-state index is 0.00527. The number of carbonyl (C=O) groups is 9. The summed E-state index contributed by atoms with van der Waals surface area (Å²) in [5.41, 5.74) is -6.35. The molecule has 758 valence electrons. The van der Waals surface area contributed by atoms with E-state index in [0.29, 0.717) is 0 Å². The zero-order chi connectivity index (χ0) is 96.4. The first kappa shape index (κ1) is 110. The Kier molecular flexibility index (Phi) is 43.1. The lowest BCUT2D eigenvalue weighted by Crippen LogP contribution is -2.67. The van der Waals surface area contributed by atoms with E-state index in [2.05, 4.69) is 31.9 Å². The number of imide groups is 3. The molecule has 9 heterocycles. The van der Waals surface area contributed by atoms with Gasteiger partial charge in [-0.1, -0.05) is 20.8 Å². The Labute approximate surface area is 759 Å². The molecule has 0 radical (unpaired) electrons. The number of urea groups is 3. The molecule has 9 saturated heterocycles. The van der Waals surface area contributed by atoms with Gasteiger partial charge in [-0.2, -0.15) is 0 Å². The van der Waals surface area contributed by atoms with Gasteiger partial charge in [0.15, 0.2) is 18.9 Å². The summed E-state index contributed by atoms with van der Waals surface area (Å²) in [4.78, 5) is 147. The molecule has 19 N–H and O–H groups in total. The fourth-order valence-electron chi connectivity index (χ4n) is 15.7. The van der Waals surface area contributed by atoms with Gasteiger partial charge in [-0.15, -0.1) is 0 Å². The molecule has 0 aliphatic carbocycles. The van der Waals surface area contributed by atoms with Crippen LogP contribution in [0.3, 0.4) is 0 Å². The molecule has 6 unspecified atom stereocenters. The highest BCUT2D eigenvalue weighted by molar-refractivity contribution is 7.47. The second kappa shape index (κ2) is 51.8. The highest BCUT2D eigenvalue weighted by Gasteiger charge is 2.55. The zero-order valence-electron chi connectivity index (χ0n) is 74.2. The average molecular weight is 1950 g/mol. The normalized spacial score (nSPS) is 34.6. The number of morpholine rings is 3. The predicted molar refractivity (Wildman–Crippen MR) is 437 cm³/mol. The van der Waals surface area contributed by atoms with E-state index in [1.54, 1.807) is 28.5 Å². The molecule has 26 atom stereocenters. The molecule has 55 nitrogen and oxygen atoms in total. The lowest BCUT2D eigenvalue weighted by Gasteiger charge is -2.50. The van der Waals surface area contributed by atoms with Crippen LogP contribution in [0.15, 0.2) is 0 Å². The molecule has 57 heteroatoms. The minimum Gasteiger partial charge on any atom is -0.394 e. The number of nitrogens with one attached hydrogen (secondary N) is 6. The van der Waals surface area contributed by atoms with E-state index in [1.807, 2.05) is 0 Å². The van der Waals surface area contributed by atoms with Crippen molar-refractivity contribution < 1.29 is 207 Å². The van der Waals surface area contributed by atoms with Gasteiger partial charge >= 0.3 is 33.7 Å².